The molecule has 0 fully saturated rings. The van der Waals surface area contributed by atoms with E-state index in [0.717, 1.165) is 5.39 Å². The van der Waals surface area contributed by atoms with Crippen LogP contribution in [0.2, 0.25) is 5.02 Å². The summed E-state index contributed by atoms with van der Waals surface area (Å²) in [5.74, 6) is -0.512. The molecule has 13 heavy (non-hydrogen) atoms. The van der Waals surface area contributed by atoms with Gasteiger partial charge >= 0.3 is 0 Å². The van der Waals surface area contributed by atoms with E-state index in [2.05, 4.69) is 20.9 Å². The van der Waals surface area contributed by atoms with E-state index in [1.165, 1.54) is 6.07 Å². The van der Waals surface area contributed by atoms with Crippen LogP contribution in [0.3, 0.4) is 0 Å². The van der Waals surface area contributed by atoms with Crippen molar-refractivity contribution in [1.82, 2.24) is 4.98 Å². The maximum atomic E-state index is 12.8. The normalized spacial score (nSPS) is 10.7. The minimum absolute atomic E-state index is 0.512. The third-order valence-electron chi connectivity index (χ3n) is 1.69. The van der Waals surface area contributed by atoms with Gasteiger partial charge in [0.05, 0.1) is 5.52 Å². The monoisotopic (exact) mass is 259 g/mol. The summed E-state index contributed by atoms with van der Waals surface area (Å²) in [7, 11) is 0. The van der Waals surface area contributed by atoms with Gasteiger partial charge in [0, 0.05) is 20.9 Å². The standard InChI is InChI=1S/C9H4BrClFN/c10-7-4-9(12)13-8-3-5(11)1-2-6(7)8/h1-4H. The molecule has 0 unspecified atom stereocenters. The Kier molecular flexibility index (Phi) is 2.22. The smallest absolute Gasteiger partial charge is 0.214 e. The van der Waals surface area contributed by atoms with E-state index < -0.39 is 5.95 Å². The van der Waals surface area contributed by atoms with Gasteiger partial charge in [-0.15, -0.1) is 0 Å². The number of rotatable bonds is 0. The van der Waals surface area contributed by atoms with Crippen LogP contribution in [-0.4, -0.2) is 4.98 Å². The Labute approximate surface area is 87.7 Å². The lowest BCUT2D eigenvalue weighted by atomic mass is 10.2. The Morgan fingerprint density at radius 2 is 2.08 bits per heavy atom. The van der Waals surface area contributed by atoms with Crippen molar-refractivity contribution in [2.24, 2.45) is 0 Å². The Balaban J connectivity index is 2.86. The number of fused-ring (bicyclic) bond motifs is 1. The molecule has 0 atom stereocenters. The molecular weight excluding hydrogens is 256 g/mol. The maximum absolute atomic E-state index is 12.8. The number of halogens is 3. The fraction of sp³-hybridized carbons (Fsp3) is 0. The van der Waals surface area contributed by atoms with Crippen molar-refractivity contribution in [3.63, 3.8) is 0 Å². The molecule has 0 saturated heterocycles. The quantitative estimate of drug-likeness (QED) is 0.657. The van der Waals surface area contributed by atoms with Crippen LogP contribution in [0, 0.1) is 5.95 Å². The summed E-state index contributed by atoms with van der Waals surface area (Å²) in [5.41, 5.74) is 0.555. The van der Waals surface area contributed by atoms with Gasteiger partial charge in [0.1, 0.15) is 0 Å². The number of benzene rings is 1. The largest absolute Gasteiger partial charge is 0.220 e. The summed E-state index contributed by atoms with van der Waals surface area (Å²) in [6.07, 6.45) is 0. The number of hydrogen-bond acceptors (Lipinski definition) is 1. The molecule has 1 aromatic heterocycles. The van der Waals surface area contributed by atoms with E-state index in [9.17, 15) is 4.39 Å². The second kappa shape index (κ2) is 3.24. The Morgan fingerprint density at radius 1 is 1.31 bits per heavy atom. The van der Waals surface area contributed by atoms with Crippen molar-refractivity contribution in [3.05, 3.63) is 39.7 Å². The van der Waals surface area contributed by atoms with Gasteiger partial charge in [0.15, 0.2) is 0 Å². The zero-order chi connectivity index (χ0) is 9.42. The summed E-state index contributed by atoms with van der Waals surface area (Å²) in [4.78, 5) is 3.72. The second-order valence-electron chi connectivity index (χ2n) is 2.59. The molecule has 0 N–H and O–H groups in total. The third-order valence-corrected chi connectivity index (χ3v) is 2.58. The van der Waals surface area contributed by atoms with Gasteiger partial charge in [-0.2, -0.15) is 4.39 Å². The molecule has 0 aliphatic rings. The second-order valence-corrected chi connectivity index (χ2v) is 3.88. The minimum Gasteiger partial charge on any atom is -0.220 e. The molecule has 2 aromatic rings. The van der Waals surface area contributed by atoms with Crippen molar-refractivity contribution in [3.8, 4) is 0 Å². The number of hydrogen-bond donors (Lipinski definition) is 0. The Hall–Kier alpha value is -0.670. The molecule has 0 aliphatic carbocycles. The first kappa shape index (κ1) is 8.91. The van der Waals surface area contributed by atoms with Crippen LogP contribution in [0.1, 0.15) is 0 Å². The molecule has 2 rings (SSSR count). The summed E-state index contributed by atoms with van der Waals surface area (Å²) in [6.45, 7) is 0. The van der Waals surface area contributed by atoms with E-state index in [1.807, 2.05) is 0 Å². The van der Waals surface area contributed by atoms with Crippen molar-refractivity contribution in [2.45, 2.75) is 0 Å². The summed E-state index contributed by atoms with van der Waals surface area (Å²) in [5, 5.41) is 1.41. The van der Waals surface area contributed by atoms with Crippen LogP contribution in [0.5, 0.6) is 0 Å². The molecule has 0 aliphatic heterocycles. The lowest BCUT2D eigenvalue weighted by Gasteiger charge is -2.00. The minimum atomic E-state index is -0.512. The first-order chi connectivity index (χ1) is 6.16. The van der Waals surface area contributed by atoms with Gasteiger partial charge in [-0.1, -0.05) is 17.7 Å². The van der Waals surface area contributed by atoms with Crippen molar-refractivity contribution in [1.29, 1.82) is 0 Å². The van der Waals surface area contributed by atoms with Crippen LogP contribution < -0.4 is 0 Å². The molecule has 0 spiro atoms. The van der Waals surface area contributed by atoms with Crippen LogP contribution in [-0.2, 0) is 0 Å². The van der Waals surface area contributed by atoms with Gasteiger partial charge in [-0.05, 0) is 28.1 Å². The van der Waals surface area contributed by atoms with E-state index >= 15 is 0 Å². The molecular formula is C9H4BrClFN. The van der Waals surface area contributed by atoms with Gasteiger partial charge in [-0.25, -0.2) is 4.98 Å². The van der Waals surface area contributed by atoms with Crippen molar-refractivity contribution < 1.29 is 4.39 Å². The first-order valence-electron chi connectivity index (χ1n) is 3.58. The maximum Gasteiger partial charge on any atom is 0.214 e. The number of nitrogens with zero attached hydrogens (tertiary/aromatic N) is 1. The van der Waals surface area contributed by atoms with Gasteiger partial charge < -0.3 is 0 Å². The van der Waals surface area contributed by atoms with E-state index in [0.29, 0.717) is 15.0 Å². The average Bonchev–Trinajstić information content (AvgIpc) is 2.02. The van der Waals surface area contributed by atoms with Crippen molar-refractivity contribution in [2.75, 3.05) is 0 Å². The highest BCUT2D eigenvalue weighted by Gasteiger charge is 2.03. The lowest BCUT2D eigenvalue weighted by molar-refractivity contribution is 0.588. The van der Waals surface area contributed by atoms with Crippen LogP contribution in [0.15, 0.2) is 28.7 Å². The highest BCUT2D eigenvalue weighted by Crippen LogP contribution is 2.25. The predicted molar refractivity (Wildman–Crippen MR) is 54.4 cm³/mol. The average molecular weight is 260 g/mol. The van der Waals surface area contributed by atoms with E-state index in [-0.39, 0.29) is 0 Å². The molecule has 0 amide bonds. The van der Waals surface area contributed by atoms with Gasteiger partial charge in [0.2, 0.25) is 5.95 Å². The SMILES string of the molecule is Fc1cc(Br)c2ccc(Cl)cc2n1. The molecule has 66 valence electrons. The summed E-state index contributed by atoms with van der Waals surface area (Å²) < 4.78 is 13.5. The van der Waals surface area contributed by atoms with E-state index in [4.69, 9.17) is 11.6 Å². The molecule has 0 saturated carbocycles. The molecule has 1 aromatic carbocycles. The lowest BCUT2D eigenvalue weighted by Crippen LogP contribution is -1.85. The topological polar surface area (TPSA) is 12.9 Å². The van der Waals surface area contributed by atoms with Crippen LogP contribution >= 0.6 is 27.5 Å². The highest BCUT2D eigenvalue weighted by molar-refractivity contribution is 9.10. The zero-order valence-electron chi connectivity index (χ0n) is 6.39. The predicted octanol–water partition coefficient (Wildman–Crippen LogP) is 3.79. The molecule has 0 bridgehead atoms. The molecule has 0 radical (unpaired) electrons. The molecule has 1 heterocycles. The highest BCUT2D eigenvalue weighted by atomic mass is 79.9. The Morgan fingerprint density at radius 3 is 2.85 bits per heavy atom. The van der Waals surface area contributed by atoms with Crippen LogP contribution in [0.25, 0.3) is 10.9 Å². The third kappa shape index (κ3) is 1.67. The molecule has 1 nitrogen and oxygen atoms in total. The number of pyridine rings is 1. The fourth-order valence-electron chi connectivity index (χ4n) is 1.13. The summed E-state index contributed by atoms with van der Waals surface area (Å²) in [6, 6.07) is 6.50. The fourth-order valence-corrected chi connectivity index (χ4v) is 1.82. The van der Waals surface area contributed by atoms with E-state index in [1.54, 1.807) is 18.2 Å². The van der Waals surface area contributed by atoms with Gasteiger partial charge in [-0.3, -0.25) is 0 Å². The number of aromatic nitrogens is 1. The van der Waals surface area contributed by atoms with Gasteiger partial charge in [0.25, 0.3) is 0 Å². The van der Waals surface area contributed by atoms with Crippen LogP contribution in [0.4, 0.5) is 4.39 Å². The van der Waals surface area contributed by atoms with Crippen molar-refractivity contribution >= 4 is 38.4 Å². The Bertz CT molecular complexity index is 467. The first-order valence-corrected chi connectivity index (χ1v) is 4.75. The summed E-state index contributed by atoms with van der Waals surface area (Å²) >= 11 is 8.99. The zero-order valence-corrected chi connectivity index (χ0v) is 8.73. The molecule has 4 heteroatoms.